The number of Topliss-reactive ketones (excluding diaryl/α,β-unsaturated/α-hetero) is 1. The van der Waals surface area contributed by atoms with Crippen molar-refractivity contribution in [2.24, 2.45) is 0 Å². The largest absolute Gasteiger partial charge is 0.380 e. The highest BCUT2D eigenvalue weighted by molar-refractivity contribution is 6.88. The molecule has 1 atom stereocenters. The van der Waals surface area contributed by atoms with Gasteiger partial charge >= 0.3 is 0 Å². The molecule has 35 heavy (non-hydrogen) atoms. The molecule has 0 spiro atoms. The van der Waals surface area contributed by atoms with Crippen LogP contribution in [0.25, 0.3) is 0 Å². The van der Waals surface area contributed by atoms with E-state index in [9.17, 15) is 18.8 Å². The summed E-state index contributed by atoms with van der Waals surface area (Å²) >= 11 is 0. The normalized spacial score (nSPS) is 12.3. The van der Waals surface area contributed by atoms with Crippen LogP contribution in [0.3, 0.4) is 0 Å². The van der Waals surface area contributed by atoms with Crippen molar-refractivity contribution in [2.45, 2.75) is 45.3 Å². The number of hydrogen-bond donors (Lipinski definition) is 1. The lowest BCUT2D eigenvalue weighted by atomic mass is 9.96. The molecule has 0 fully saturated rings. The minimum atomic E-state index is -1.85. The molecule has 0 radical (unpaired) electrons. The standard InChI is InChI=1S/C26H30FN3O4Si/c1-34-17-18-5-8-20(9-6-18)26(29-25(33)16-30-12-11-21(31)15-28-30)23(32)14-19-7-10-24(22(27)13-19)35(2,3)4/h5-13,15,26H,14,16-17H2,1-4H3,(H,29,33)/t26-/m1/s1. The number of ketones is 1. The second-order valence-corrected chi connectivity index (χ2v) is 14.5. The fraction of sp³-hybridized carbons (Fsp3) is 0.308. The van der Waals surface area contributed by atoms with E-state index < -0.39 is 20.0 Å². The Morgan fingerprint density at radius 1 is 1.09 bits per heavy atom. The summed E-state index contributed by atoms with van der Waals surface area (Å²) in [6.45, 7) is 6.45. The predicted molar refractivity (Wildman–Crippen MR) is 135 cm³/mol. The smallest absolute Gasteiger partial charge is 0.242 e. The third-order valence-corrected chi connectivity index (χ3v) is 7.54. The number of benzene rings is 2. The van der Waals surface area contributed by atoms with Gasteiger partial charge in [-0.2, -0.15) is 5.10 Å². The zero-order valence-corrected chi connectivity index (χ0v) is 21.4. The molecule has 2 aromatic carbocycles. The van der Waals surface area contributed by atoms with Crippen LogP contribution in [0.1, 0.15) is 22.7 Å². The van der Waals surface area contributed by atoms with Gasteiger partial charge in [-0.05, 0) is 27.9 Å². The van der Waals surface area contributed by atoms with Gasteiger partial charge in [-0.25, -0.2) is 4.39 Å². The minimum Gasteiger partial charge on any atom is -0.380 e. The van der Waals surface area contributed by atoms with Gasteiger partial charge < -0.3 is 10.1 Å². The topological polar surface area (TPSA) is 90.3 Å². The first kappa shape index (κ1) is 26.2. The van der Waals surface area contributed by atoms with E-state index in [-0.39, 0.29) is 30.0 Å². The first-order valence-corrected chi connectivity index (χ1v) is 14.8. The Bertz CT molecular complexity index is 1230. The Morgan fingerprint density at radius 2 is 1.77 bits per heavy atom. The van der Waals surface area contributed by atoms with Crippen LogP contribution in [0.4, 0.5) is 4.39 Å². The fourth-order valence-electron chi connectivity index (χ4n) is 3.72. The third-order valence-electron chi connectivity index (χ3n) is 5.52. The highest BCUT2D eigenvalue weighted by atomic mass is 28.3. The summed E-state index contributed by atoms with van der Waals surface area (Å²) < 4.78 is 21.2. The van der Waals surface area contributed by atoms with Crippen LogP contribution in [-0.4, -0.2) is 36.7 Å². The van der Waals surface area contributed by atoms with E-state index in [0.717, 1.165) is 11.8 Å². The van der Waals surface area contributed by atoms with Crippen molar-refractivity contribution in [3.05, 3.63) is 93.7 Å². The molecule has 1 N–H and O–H groups in total. The number of carbonyl (C=O) groups excluding carboxylic acids is 2. The lowest BCUT2D eigenvalue weighted by Crippen LogP contribution is -2.40. The van der Waals surface area contributed by atoms with Crippen LogP contribution in [0, 0.1) is 5.82 Å². The predicted octanol–water partition coefficient (Wildman–Crippen LogP) is 2.74. The van der Waals surface area contributed by atoms with Crippen molar-refractivity contribution in [2.75, 3.05) is 7.11 Å². The summed E-state index contributed by atoms with van der Waals surface area (Å²) in [5.74, 6) is -1.02. The number of aromatic nitrogens is 2. The first-order chi connectivity index (χ1) is 16.6. The number of carbonyl (C=O) groups is 2. The number of methoxy groups -OCH3 is 1. The Morgan fingerprint density at radius 3 is 2.34 bits per heavy atom. The van der Waals surface area contributed by atoms with Crippen molar-refractivity contribution in [1.29, 1.82) is 0 Å². The summed E-state index contributed by atoms with van der Waals surface area (Å²) in [5.41, 5.74) is 1.82. The maximum absolute atomic E-state index is 14.7. The van der Waals surface area contributed by atoms with Gasteiger partial charge in [0, 0.05) is 25.8 Å². The Hall–Kier alpha value is -3.43. The lowest BCUT2D eigenvalue weighted by Gasteiger charge is -2.20. The highest BCUT2D eigenvalue weighted by Gasteiger charge is 2.25. The molecular weight excluding hydrogens is 465 g/mol. The first-order valence-electron chi connectivity index (χ1n) is 11.3. The van der Waals surface area contributed by atoms with Crippen LogP contribution >= 0.6 is 0 Å². The summed E-state index contributed by atoms with van der Waals surface area (Å²) in [6.07, 6.45) is 2.48. The summed E-state index contributed by atoms with van der Waals surface area (Å²) in [7, 11) is -0.250. The Labute approximate surface area is 205 Å². The van der Waals surface area contributed by atoms with E-state index in [1.54, 1.807) is 31.4 Å². The van der Waals surface area contributed by atoms with Gasteiger partial charge in [-0.1, -0.05) is 56.0 Å². The van der Waals surface area contributed by atoms with Crippen LogP contribution in [0.5, 0.6) is 0 Å². The number of halogens is 1. The van der Waals surface area contributed by atoms with Crippen molar-refractivity contribution in [3.63, 3.8) is 0 Å². The van der Waals surface area contributed by atoms with E-state index in [2.05, 4.69) is 30.1 Å². The van der Waals surface area contributed by atoms with Crippen LogP contribution in [0.2, 0.25) is 19.6 Å². The molecule has 3 aromatic rings. The van der Waals surface area contributed by atoms with E-state index >= 15 is 0 Å². The number of amides is 1. The van der Waals surface area contributed by atoms with Crippen molar-refractivity contribution < 1.29 is 18.7 Å². The maximum Gasteiger partial charge on any atom is 0.242 e. The molecule has 184 valence electrons. The fourth-order valence-corrected chi connectivity index (χ4v) is 5.09. The second-order valence-electron chi connectivity index (χ2n) is 9.44. The minimum absolute atomic E-state index is 0.0378. The molecule has 9 heteroatoms. The molecule has 0 aliphatic carbocycles. The summed E-state index contributed by atoms with van der Waals surface area (Å²) in [4.78, 5) is 37.3. The van der Waals surface area contributed by atoms with E-state index in [4.69, 9.17) is 4.74 Å². The van der Waals surface area contributed by atoms with Gasteiger partial charge in [-0.3, -0.25) is 19.1 Å². The number of hydrogen-bond acceptors (Lipinski definition) is 5. The van der Waals surface area contributed by atoms with Gasteiger partial charge in [-0.15, -0.1) is 0 Å². The van der Waals surface area contributed by atoms with Gasteiger partial charge in [0.2, 0.25) is 5.91 Å². The van der Waals surface area contributed by atoms with Gasteiger partial charge in [0.05, 0.1) is 20.9 Å². The molecule has 0 aliphatic rings. The molecule has 0 saturated carbocycles. The number of ether oxygens (including phenoxy) is 1. The average molecular weight is 496 g/mol. The number of rotatable bonds is 10. The summed E-state index contributed by atoms with van der Waals surface area (Å²) in [5, 5.41) is 7.37. The third kappa shape index (κ3) is 7.27. The van der Waals surface area contributed by atoms with E-state index in [1.165, 1.54) is 23.0 Å². The van der Waals surface area contributed by atoms with Gasteiger partial charge in [0.1, 0.15) is 18.4 Å². The Balaban J connectivity index is 1.83. The highest BCUT2D eigenvalue weighted by Crippen LogP contribution is 2.19. The van der Waals surface area contributed by atoms with Crippen molar-refractivity contribution in [1.82, 2.24) is 15.1 Å². The van der Waals surface area contributed by atoms with Crippen molar-refractivity contribution >= 4 is 25.0 Å². The summed E-state index contributed by atoms with van der Waals surface area (Å²) in [6, 6.07) is 12.5. The van der Waals surface area contributed by atoms with Crippen LogP contribution < -0.4 is 15.9 Å². The molecular formula is C26H30FN3O4Si. The van der Waals surface area contributed by atoms with Gasteiger partial charge in [0.25, 0.3) is 0 Å². The second kappa shape index (κ2) is 11.3. The van der Waals surface area contributed by atoms with E-state index in [1.807, 2.05) is 12.1 Å². The molecule has 1 amide bonds. The molecule has 3 rings (SSSR count). The molecule has 0 bridgehead atoms. The van der Waals surface area contributed by atoms with Crippen LogP contribution in [0.15, 0.2) is 65.7 Å². The molecule has 0 saturated heterocycles. The zero-order chi connectivity index (χ0) is 25.6. The molecule has 0 aliphatic heterocycles. The van der Waals surface area contributed by atoms with Gasteiger partial charge in [0.15, 0.2) is 11.2 Å². The average Bonchev–Trinajstić information content (AvgIpc) is 2.79. The zero-order valence-electron chi connectivity index (χ0n) is 20.4. The maximum atomic E-state index is 14.7. The number of nitrogens with zero attached hydrogens (tertiary/aromatic N) is 2. The lowest BCUT2D eigenvalue weighted by molar-refractivity contribution is -0.128. The monoisotopic (exact) mass is 495 g/mol. The molecule has 1 heterocycles. The quantitative estimate of drug-likeness (QED) is 0.437. The molecule has 0 unspecified atom stereocenters. The SMILES string of the molecule is COCc1ccc([C@@H](NC(=O)Cn2ccc(=O)cn2)C(=O)Cc2ccc([Si](C)(C)C)c(F)c2)cc1. The van der Waals surface area contributed by atoms with Crippen LogP contribution in [-0.2, 0) is 33.9 Å². The molecule has 7 nitrogen and oxygen atoms in total. The molecule has 1 aromatic heterocycles. The number of nitrogens with one attached hydrogen (secondary N) is 1. The van der Waals surface area contributed by atoms with Crippen molar-refractivity contribution in [3.8, 4) is 0 Å². The van der Waals surface area contributed by atoms with E-state index in [0.29, 0.717) is 22.9 Å². The Kier molecular flexibility index (Phi) is 8.47.